The lowest BCUT2D eigenvalue weighted by Gasteiger charge is -2.29. The largest absolute Gasteiger partial charge is 0.308 e. The predicted octanol–water partition coefficient (Wildman–Crippen LogP) is 4.23. The van der Waals surface area contributed by atoms with Crippen molar-refractivity contribution in [3.05, 3.63) is 16.6 Å². The van der Waals surface area contributed by atoms with E-state index in [0.717, 1.165) is 12.5 Å². The van der Waals surface area contributed by atoms with E-state index in [1.807, 2.05) is 5.51 Å². The van der Waals surface area contributed by atoms with Crippen molar-refractivity contribution >= 4 is 11.3 Å². The van der Waals surface area contributed by atoms with Crippen LogP contribution in [0.5, 0.6) is 0 Å². The average Bonchev–Trinajstić information content (AvgIpc) is 2.69. The van der Waals surface area contributed by atoms with Crippen LogP contribution in [0, 0.1) is 11.3 Å². The molecule has 0 spiro atoms. The van der Waals surface area contributed by atoms with Gasteiger partial charge in [-0.05, 0) is 37.0 Å². The molecule has 1 heterocycles. The maximum Gasteiger partial charge on any atom is 0.0795 e. The molecule has 1 fully saturated rings. The topological polar surface area (TPSA) is 24.9 Å². The molecule has 0 amide bonds. The number of thiazole rings is 1. The minimum absolute atomic E-state index is 0.476. The minimum Gasteiger partial charge on any atom is -0.308 e. The van der Waals surface area contributed by atoms with Crippen molar-refractivity contribution < 1.29 is 0 Å². The van der Waals surface area contributed by atoms with E-state index in [2.05, 4.69) is 36.5 Å². The molecule has 0 aliphatic heterocycles. The van der Waals surface area contributed by atoms with Gasteiger partial charge in [0.1, 0.15) is 0 Å². The van der Waals surface area contributed by atoms with Gasteiger partial charge in [-0.3, -0.25) is 0 Å². The fourth-order valence-electron chi connectivity index (χ4n) is 2.95. The number of hydrogen-bond donors (Lipinski definition) is 1. The molecule has 2 rings (SSSR count). The van der Waals surface area contributed by atoms with E-state index in [4.69, 9.17) is 0 Å². The van der Waals surface area contributed by atoms with Crippen molar-refractivity contribution in [2.75, 3.05) is 0 Å². The van der Waals surface area contributed by atoms with Gasteiger partial charge in [0.25, 0.3) is 0 Å². The lowest BCUT2D eigenvalue weighted by atomic mass is 9.76. The van der Waals surface area contributed by atoms with Crippen molar-refractivity contribution in [1.82, 2.24) is 10.3 Å². The van der Waals surface area contributed by atoms with Gasteiger partial charge in [-0.15, -0.1) is 11.3 Å². The molecule has 0 aromatic carbocycles. The zero-order valence-corrected chi connectivity index (χ0v) is 12.7. The molecule has 102 valence electrons. The number of aromatic nitrogens is 1. The third-order valence-corrected chi connectivity index (χ3v) is 4.88. The van der Waals surface area contributed by atoms with E-state index in [1.54, 1.807) is 11.3 Å². The Balaban J connectivity index is 1.78. The number of nitrogens with one attached hydrogen (secondary N) is 1. The van der Waals surface area contributed by atoms with Gasteiger partial charge in [0.2, 0.25) is 0 Å². The fourth-order valence-corrected chi connectivity index (χ4v) is 3.50. The van der Waals surface area contributed by atoms with E-state index in [-0.39, 0.29) is 0 Å². The van der Waals surface area contributed by atoms with Crippen LogP contribution in [0.4, 0.5) is 0 Å². The molecule has 2 nitrogen and oxygen atoms in total. The Hall–Kier alpha value is -0.410. The van der Waals surface area contributed by atoms with Crippen LogP contribution in [0.15, 0.2) is 10.9 Å². The Labute approximate surface area is 115 Å². The summed E-state index contributed by atoms with van der Waals surface area (Å²) in [5, 5.41) is 5.82. The summed E-state index contributed by atoms with van der Waals surface area (Å²) in [6, 6.07) is 0.694. The molecular weight excluding hydrogens is 240 g/mol. The fraction of sp³-hybridized carbons (Fsp3) is 0.800. The van der Waals surface area contributed by atoms with Crippen molar-refractivity contribution in [2.24, 2.45) is 11.3 Å². The molecule has 1 aromatic heterocycles. The van der Waals surface area contributed by atoms with Crippen molar-refractivity contribution in [3.8, 4) is 0 Å². The Kier molecular flexibility index (Phi) is 4.79. The Morgan fingerprint density at radius 3 is 2.78 bits per heavy atom. The van der Waals surface area contributed by atoms with Crippen molar-refractivity contribution in [1.29, 1.82) is 0 Å². The smallest absolute Gasteiger partial charge is 0.0795 e. The highest BCUT2D eigenvalue weighted by atomic mass is 32.1. The summed E-state index contributed by atoms with van der Waals surface area (Å²) >= 11 is 1.68. The third kappa shape index (κ3) is 4.06. The van der Waals surface area contributed by atoms with Crippen molar-refractivity contribution in [3.63, 3.8) is 0 Å². The summed E-state index contributed by atoms with van der Waals surface area (Å²) < 4.78 is 0. The second kappa shape index (κ2) is 6.16. The monoisotopic (exact) mass is 266 g/mol. The lowest BCUT2D eigenvalue weighted by molar-refractivity contribution is 0.213. The summed E-state index contributed by atoms with van der Waals surface area (Å²) in [6.45, 7) is 8.11. The van der Waals surface area contributed by atoms with Crippen LogP contribution in [0.1, 0.15) is 58.6 Å². The lowest BCUT2D eigenvalue weighted by Crippen LogP contribution is -2.28. The molecule has 1 aliphatic rings. The van der Waals surface area contributed by atoms with Gasteiger partial charge in [0.05, 0.1) is 11.2 Å². The molecule has 2 atom stereocenters. The van der Waals surface area contributed by atoms with E-state index in [1.165, 1.54) is 37.8 Å². The van der Waals surface area contributed by atoms with Gasteiger partial charge in [-0.25, -0.2) is 4.98 Å². The second-order valence-electron chi connectivity index (χ2n) is 6.63. The van der Waals surface area contributed by atoms with Crippen LogP contribution in [0.2, 0.25) is 0 Å². The minimum atomic E-state index is 0.476. The molecule has 18 heavy (non-hydrogen) atoms. The summed E-state index contributed by atoms with van der Waals surface area (Å²) in [6.07, 6.45) is 6.80. The first-order valence-corrected chi connectivity index (χ1v) is 8.10. The van der Waals surface area contributed by atoms with Crippen LogP contribution >= 0.6 is 11.3 Å². The summed E-state index contributed by atoms with van der Waals surface area (Å²) in [4.78, 5) is 4.33. The van der Waals surface area contributed by atoms with Gasteiger partial charge in [0.15, 0.2) is 0 Å². The number of nitrogens with zero attached hydrogens (tertiary/aromatic N) is 1. The van der Waals surface area contributed by atoms with E-state index in [9.17, 15) is 0 Å². The molecule has 0 radical (unpaired) electrons. The predicted molar refractivity (Wildman–Crippen MR) is 78.8 cm³/mol. The Morgan fingerprint density at radius 1 is 1.28 bits per heavy atom. The zero-order chi connectivity index (χ0) is 13.0. The zero-order valence-electron chi connectivity index (χ0n) is 11.9. The quantitative estimate of drug-likeness (QED) is 0.828. The normalized spacial score (nSPS) is 25.9. The van der Waals surface area contributed by atoms with Crippen LogP contribution < -0.4 is 5.32 Å². The maximum atomic E-state index is 4.33. The Morgan fingerprint density at radius 2 is 2.11 bits per heavy atom. The first kappa shape index (κ1) is 14.0. The van der Waals surface area contributed by atoms with Gasteiger partial charge in [0, 0.05) is 18.0 Å². The molecule has 1 aliphatic carbocycles. The molecule has 1 saturated carbocycles. The van der Waals surface area contributed by atoms with Crippen LogP contribution in [0.25, 0.3) is 0 Å². The van der Waals surface area contributed by atoms with Gasteiger partial charge < -0.3 is 5.32 Å². The SMILES string of the molecule is CC(C)(C)C1CCCC(NCc2cscn2)CC1. The first-order chi connectivity index (χ1) is 8.55. The van der Waals surface area contributed by atoms with E-state index < -0.39 is 0 Å². The van der Waals surface area contributed by atoms with Crippen molar-refractivity contribution in [2.45, 2.75) is 65.5 Å². The number of rotatable bonds is 3. The van der Waals surface area contributed by atoms with E-state index >= 15 is 0 Å². The maximum absolute atomic E-state index is 4.33. The number of hydrogen-bond acceptors (Lipinski definition) is 3. The molecule has 0 bridgehead atoms. The van der Waals surface area contributed by atoms with Gasteiger partial charge >= 0.3 is 0 Å². The van der Waals surface area contributed by atoms with Gasteiger partial charge in [-0.2, -0.15) is 0 Å². The second-order valence-corrected chi connectivity index (χ2v) is 7.35. The molecular formula is C15H26N2S. The van der Waals surface area contributed by atoms with Crippen LogP contribution in [-0.2, 0) is 6.54 Å². The molecule has 1 N–H and O–H groups in total. The first-order valence-electron chi connectivity index (χ1n) is 7.16. The molecule has 0 saturated heterocycles. The third-order valence-electron chi connectivity index (χ3n) is 4.25. The Bertz CT molecular complexity index is 340. The highest BCUT2D eigenvalue weighted by Crippen LogP contribution is 2.36. The summed E-state index contributed by atoms with van der Waals surface area (Å²) in [5.74, 6) is 0.892. The van der Waals surface area contributed by atoms with E-state index in [0.29, 0.717) is 11.5 Å². The molecule has 2 unspecified atom stereocenters. The molecule has 1 aromatic rings. The van der Waals surface area contributed by atoms with Gasteiger partial charge in [-0.1, -0.05) is 27.2 Å². The summed E-state index contributed by atoms with van der Waals surface area (Å²) in [5.41, 5.74) is 3.58. The van der Waals surface area contributed by atoms with Crippen LogP contribution in [0.3, 0.4) is 0 Å². The molecule has 3 heteroatoms. The standard InChI is InChI=1S/C15H26N2S/c1-15(2,3)12-5-4-6-13(8-7-12)16-9-14-10-18-11-17-14/h10-13,16H,4-9H2,1-3H3. The highest BCUT2D eigenvalue weighted by molar-refractivity contribution is 7.07. The van der Waals surface area contributed by atoms with Crippen LogP contribution in [-0.4, -0.2) is 11.0 Å². The summed E-state index contributed by atoms with van der Waals surface area (Å²) in [7, 11) is 0. The highest BCUT2D eigenvalue weighted by Gasteiger charge is 2.27. The average molecular weight is 266 g/mol.